The number of aryl methyl sites for hydroxylation is 2. The van der Waals surface area contributed by atoms with E-state index in [1.54, 1.807) is 12.1 Å². The molecule has 1 amide bonds. The van der Waals surface area contributed by atoms with Crippen LogP contribution in [-0.4, -0.2) is 24.7 Å². The first kappa shape index (κ1) is 19.8. The summed E-state index contributed by atoms with van der Waals surface area (Å²) in [6.07, 6.45) is 0. The molecule has 2 aromatic carbocycles. The number of hydrogen-bond donors (Lipinski definition) is 1. The van der Waals surface area contributed by atoms with Gasteiger partial charge in [-0.3, -0.25) is 4.79 Å². The molecule has 0 aliphatic rings. The Bertz CT molecular complexity index is 1040. The summed E-state index contributed by atoms with van der Waals surface area (Å²) in [5.41, 5.74) is 5.12. The first-order chi connectivity index (χ1) is 13.3. The fourth-order valence-electron chi connectivity index (χ4n) is 3.30. The second kappa shape index (κ2) is 7.98. The Morgan fingerprint density at radius 1 is 1.00 bits per heavy atom. The second-order valence-corrected chi connectivity index (χ2v) is 7.01. The number of hydrogen-bond acceptors (Lipinski definition) is 3. The highest BCUT2D eigenvalue weighted by molar-refractivity contribution is 6.32. The maximum absolute atomic E-state index is 13.0. The molecule has 3 aromatic rings. The molecule has 1 aromatic heterocycles. The van der Waals surface area contributed by atoms with Crippen molar-refractivity contribution < 1.29 is 14.3 Å². The molecule has 0 aliphatic carbocycles. The molecule has 1 heterocycles. The van der Waals surface area contributed by atoms with Gasteiger partial charge >= 0.3 is 0 Å². The van der Waals surface area contributed by atoms with Gasteiger partial charge in [0.15, 0.2) is 0 Å². The fourth-order valence-corrected chi connectivity index (χ4v) is 3.54. The number of carbonyl (C=O) groups excluding carboxylic acids is 1. The smallest absolute Gasteiger partial charge is 0.257 e. The Morgan fingerprint density at radius 3 is 2.36 bits per heavy atom. The molecule has 0 saturated carbocycles. The van der Waals surface area contributed by atoms with E-state index >= 15 is 0 Å². The zero-order valence-corrected chi connectivity index (χ0v) is 17.3. The molecule has 0 saturated heterocycles. The SMILES string of the molecule is COc1cc(NC(=O)c2cc(C)n(-c3cccc(C)c3)c2C)c(OC)cc1Cl. The number of nitrogens with zero attached hydrogens (tertiary/aromatic N) is 1. The third kappa shape index (κ3) is 3.71. The average molecular weight is 399 g/mol. The molecule has 0 atom stereocenters. The van der Waals surface area contributed by atoms with E-state index in [9.17, 15) is 4.79 Å². The minimum Gasteiger partial charge on any atom is -0.495 e. The van der Waals surface area contributed by atoms with Crippen LogP contribution in [-0.2, 0) is 0 Å². The Morgan fingerprint density at radius 2 is 1.71 bits per heavy atom. The van der Waals surface area contributed by atoms with Gasteiger partial charge in [0.2, 0.25) is 0 Å². The number of methoxy groups -OCH3 is 2. The molecule has 5 nitrogen and oxygen atoms in total. The monoisotopic (exact) mass is 398 g/mol. The van der Waals surface area contributed by atoms with Gasteiger partial charge in [-0.2, -0.15) is 0 Å². The van der Waals surface area contributed by atoms with Crippen LogP contribution in [0, 0.1) is 20.8 Å². The van der Waals surface area contributed by atoms with Crippen molar-refractivity contribution in [2.75, 3.05) is 19.5 Å². The molecule has 6 heteroatoms. The van der Waals surface area contributed by atoms with Gasteiger partial charge in [0.25, 0.3) is 5.91 Å². The number of ether oxygens (including phenoxy) is 2. The van der Waals surface area contributed by atoms with Crippen molar-refractivity contribution in [1.29, 1.82) is 0 Å². The van der Waals surface area contributed by atoms with Crippen molar-refractivity contribution in [2.45, 2.75) is 20.8 Å². The standard InChI is InChI=1S/C22H23ClN2O3/c1-13-7-6-8-16(9-13)25-14(2)10-17(15(25)3)22(26)24-19-12-20(27-4)18(23)11-21(19)28-5/h6-12H,1-5H3,(H,24,26). The topological polar surface area (TPSA) is 52.5 Å². The van der Waals surface area contributed by atoms with Gasteiger partial charge < -0.3 is 19.4 Å². The number of carbonyl (C=O) groups is 1. The molecule has 0 unspecified atom stereocenters. The average Bonchev–Trinajstić information content (AvgIpc) is 2.97. The summed E-state index contributed by atoms with van der Waals surface area (Å²) in [7, 11) is 3.05. The van der Waals surface area contributed by atoms with Gasteiger partial charge in [-0.15, -0.1) is 0 Å². The van der Waals surface area contributed by atoms with Gasteiger partial charge in [-0.25, -0.2) is 0 Å². The Hall–Kier alpha value is -2.92. The highest BCUT2D eigenvalue weighted by atomic mass is 35.5. The summed E-state index contributed by atoms with van der Waals surface area (Å²) in [5.74, 6) is 0.698. The van der Waals surface area contributed by atoms with Gasteiger partial charge in [0.05, 0.1) is 30.5 Å². The van der Waals surface area contributed by atoms with Crippen LogP contribution in [0.3, 0.4) is 0 Å². The van der Waals surface area contributed by atoms with Crippen LogP contribution >= 0.6 is 11.6 Å². The molecule has 28 heavy (non-hydrogen) atoms. The number of aromatic nitrogens is 1. The zero-order valence-electron chi connectivity index (χ0n) is 16.6. The highest BCUT2D eigenvalue weighted by Crippen LogP contribution is 2.36. The number of amides is 1. The molecule has 0 fully saturated rings. The Balaban J connectivity index is 1.98. The summed E-state index contributed by atoms with van der Waals surface area (Å²) in [5, 5.41) is 3.32. The van der Waals surface area contributed by atoms with E-state index < -0.39 is 0 Å². The Kier molecular flexibility index (Phi) is 5.66. The predicted molar refractivity (Wildman–Crippen MR) is 112 cm³/mol. The van der Waals surface area contributed by atoms with Crippen molar-refractivity contribution in [3.8, 4) is 17.2 Å². The molecule has 1 N–H and O–H groups in total. The number of anilines is 1. The summed E-state index contributed by atoms with van der Waals surface area (Å²) in [6, 6.07) is 13.3. The normalized spacial score (nSPS) is 10.6. The highest BCUT2D eigenvalue weighted by Gasteiger charge is 2.19. The van der Waals surface area contributed by atoms with Crippen LogP contribution in [0.25, 0.3) is 5.69 Å². The van der Waals surface area contributed by atoms with Crippen molar-refractivity contribution in [1.82, 2.24) is 4.57 Å². The second-order valence-electron chi connectivity index (χ2n) is 6.60. The molecular formula is C22H23ClN2O3. The molecule has 0 radical (unpaired) electrons. The van der Waals surface area contributed by atoms with Crippen LogP contribution in [0.15, 0.2) is 42.5 Å². The predicted octanol–water partition coefficient (Wildman–Crippen LogP) is 5.33. The molecule has 0 bridgehead atoms. The molecule has 0 spiro atoms. The zero-order chi connectivity index (χ0) is 20.4. The third-order valence-electron chi connectivity index (χ3n) is 4.66. The molecular weight excluding hydrogens is 376 g/mol. The van der Waals surface area contributed by atoms with E-state index in [2.05, 4.69) is 16.0 Å². The number of halogens is 1. The summed E-state index contributed by atoms with van der Waals surface area (Å²) in [4.78, 5) is 13.0. The maximum Gasteiger partial charge on any atom is 0.257 e. The van der Waals surface area contributed by atoms with Gasteiger partial charge in [-0.05, 0) is 44.5 Å². The number of nitrogens with one attached hydrogen (secondary N) is 1. The molecule has 0 aliphatic heterocycles. The summed E-state index contributed by atoms with van der Waals surface area (Å²) in [6.45, 7) is 5.97. The third-order valence-corrected chi connectivity index (χ3v) is 4.95. The Labute approximate surface area is 169 Å². The van der Waals surface area contributed by atoms with Crippen LogP contribution in [0.1, 0.15) is 27.3 Å². The number of benzene rings is 2. The van der Waals surface area contributed by atoms with E-state index in [1.165, 1.54) is 14.2 Å². The van der Waals surface area contributed by atoms with Crippen LogP contribution in [0.2, 0.25) is 5.02 Å². The first-order valence-electron chi connectivity index (χ1n) is 8.84. The van der Waals surface area contributed by atoms with Crippen molar-refractivity contribution >= 4 is 23.2 Å². The van der Waals surface area contributed by atoms with Crippen LogP contribution in [0.5, 0.6) is 11.5 Å². The van der Waals surface area contributed by atoms with Crippen LogP contribution < -0.4 is 14.8 Å². The quantitative estimate of drug-likeness (QED) is 0.632. The maximum atomic E-state index is 13.0. The van der Waals surface area contributed by atoms with Gasteiger partial charge in [0.1, 0.15) is 11.5 Å². The van der Waals surface area contributed by atoms with Crippen molar-refractivity contribution in [3.05, 3.63) is 70.0 Å². The van der Waals surface area contributed by atoms with Gasteiger partial charge in [0, 0.05) is 29.2 Å². The van der Waals surface area contributed by atoms with Crippen molar-refractivity contribution in [2.24, 2.45) is 0 Å². The fraction of sp³-hybridized carbons (Fsp3) is 0.227. The lowest BCUT2D eigenvalue weighted by molar-refractivity contribution is 0.102. The van der Waals surface area contributed by atoms with Crippen LogP contribution in [0.4, 0.5) is 5.69 Å². The first-order valence-corrected chi connectivity index (χ1v) is 9.22. The minimum absolute atomic E-state index is 0.227. The van der Waals surface area contributed by atoms with E-state index in [0.29, 0.717) is 27.8 Å². The van der Waals surface area contributed by atoms with E-state index in [-0.39, 0.29) is 5.91 Å². The largest absolute Gasteiger partial charge is 0.495 e. The minimum atomic E-state index is -0.227. The molecule has 146 valence electrons. The molecule has 3 rings (SSSR count). The van der Waals surface area contributed by atoms with E-state index in [1.807, 2.05) is 45.0 Å². The summed E-state index contributed by atoms with van der Waals surface area (Å²) >= 11 is 6.14. The van der Waals surface area contributed by atoms with Gasteiger partial charge in [-0.1, -0.05) is 23.7 Å². The van der Waals surface area contributed by atoms with Crippen molar-refractivity contribution in [3.63, 3.8) is 0 Å². The lowest BCUT2D eigenvalue weighted by atomic mass is 10.2. The van der Waals surface area contributed by atoms with E-state index in [4.69, 9.17) is 21.1 Å². The lowest BCUT2D eigenvalue weighted by Crippen LogP contribution is -2.14. The lowest BCUT2D eigenvalue weighted by Gasteiger charge is -2.14. The number of rotatable bonds is 5. The summed E-state index contributed by atoms with van der Waals surface area (Å²) < 4.78 is 12.7. The van der Waals surface area contributed by atoms with E-state index in [0.717, 1.165) is 22.6 Å².